The maximum absolute atomic E-state index is 12.1. The van der Waals surface area contributed by atoms with Crippen LogP contribution in [0.15, 0.2) is 29.2 Å². The molecule has 0 radical (unpaired) electrons. The highest BCUT2D eigenvalue weighted by Gasteiger charge is 2.19. The number of anilines is 1. The van der Waals surface area contributed by atoms with Gasteiger partial charge in [-0.1, -0.05) is 26.0 Å². The van der Waals surface area contributed by atoms with Crippen molar-refractivity contribution in [1.82, 2.24) is 4.72 Å². The van der Waals surface area contributed by atoms with Crippen LogP contribution in [0.3, 0.4) is 0 Å². The van der Waals surface area contributed by atoms with E-state index in [1.165, 1.54) is 6.07 Å². The predicted octanol–water partition coefficient (Wildman–Crippen LogP) is 2.37. The van der Waals surface area contributed by atoms with Crippen LogP contribution in [-0.4, -0.2) is 14.5 Å². The van der Waals surface area contributed by atoms with Gasteiger partial charge < -0.3 is 5.73 Å². The largest absolute Gasteiger partial charge is 0.398 e. The number of hydrogen-bond donors (Lipinski definition) is 2. The van der Waals surface area contributed by atoms with E-state index in [9.17, 15) is 8.42 Å². The van der Waals surface area contributed by atoms with E-state index >= 15 is 0 Å². The zero-order chi connectivity index (χ0) is 13.8. The van der Waals surface area contributed by atoms with Crippen LogP contribution in [0.25, 0.3) is 0 Å². The van der Waals surface area contributed by atoms with Gasteiger partial charge in [0, 0.05) is 6.04 Å². The number of para-hydroxylation sites is 1. The fourth-order valence-electron chi connectivity index (χ4n) is 1.70. The molecule has 0 aliphatic rings. The summed E-state index contributed by atoms with van der Waals surface area (Å²) >= 11 is 0. The third-order valence-electron chi connectivity index (χ3n) is 2.74. The summed E-state index contributed by atoms with van der Waals surface area (Å²) in [5.74, 6) is 0.568. The van der Waals surface area contributed by atoms with Gasteiger partial charge in [-0.2, -0.15) is 0 Å². The molecule has 0 fully saturated rings. The molecule has 18 heavy (non-hydrogen) atoms. The molecule has 0 spiro atoms. The molecule has 3 N–H and O–H groups in total. The van der Waals surface area contributed by atoms with Gasteiger partial charge in [-0.05, 0) is 37.8 Å². The molecule has 0 saturated carbocycles. The van der Waals surface area contributed by atoms with Crippen molar-refractivity contribution in [3.63, 3.8) is 0 Å². The first-order valence-corrected chi connectivity index (χ1v) is 7.68. The summed E-state index contributed by atoms with van der Waals surface area (Å²) in [5, 5.41) is 0. The van der Waals surface area contributed by atoms with Crippen LogP contribution in [0, 0.1) is 5.92 Å². The van der Waals surface area contributed by atoms with Gasteiger partial charge in [-0.15, -0.1) is 0 Å². The van der Waals surface area contributed by atoms with Crippen molar-refractivity contribution < 1.29 is 8.42 Å². The number of benzene rings is 1. The molecule has 0 saturated heterocycles. The topological polar surface area (TPSA) is 72.2 Å². The van der Waals surface area contributed by atoms with Crippen LogP contribution in [0.5, 0.6) is 0 Å². The smallest absolute Gasteiger partial charge is 0.242 e. The minimum absolute atomic E-state index is 0.0861. The minimum Gasteiger partial charge on any atom is -0.398 e. The van der Waals surface area contributed by atoms with Gasteiger partial charge in [-0.3, -0.25) is 0 Å². The Morgan fingerprint density at radius 1 is 1.17 bits per heavy atom. The molecule has 1 aromatic carbocycles. The van der Waals surface area contributed by atoms with Gasteiger partial charge in [0.25, 0.3) is 0 Å². The van der Waals surface area contributed by atoms with Gasteiger partial charge in [0.1, 0.15) is 4.90 Å². The molecule has 5 heteroatoms. The van der Waals surface area contributed by atoms with Crippen LogP contribution < -0.4 is 10.5 Å². The van der Waals surface area contributed by atoms with E-state index in [1.807, 2.05) is 6.92 Å². The fraction of sp³-hybridized carbons (Fsp3) is 0.538. The lowest BCUT2D eigenvalue weighted by Gasteiger charge is -2.16. The molecule has 0 amide bonds. The van der Waals surface area contributed by atoms with Crippen molar-refractivity contribution in [2.45, 2.75) is 44.6 Å². The normalized spacial score (nSPS) is 13.8. The van der Waals surface area contributed by atoms with Crippen LogP contribution in [0.1, 0.15) is 33.6 Å². The molecule has 102 valence electrons. The Morgan fingerprint density at radius 3 is 2.33 bits per heavy atom. The summed E-state index contributed by atoms with van der Waals surface area (Å²) in [7, 11) is -3.51. The summed E-state index contributed by atoms with van der Waals surface area (Å²) in [6, 6.07) is 6.41. The zero-order valence-electron chi connectivity index (χ0n) is 11.2. The lowest BCUT2D eigenvalue weighted by molar-refractivity contribution is 0.485. The van der Waals surface area contributed by atoms with Crippen LogP contribution in [0.2, 0.25) is 0 Å². The minimum atomic E-state index is -3.51. The molecule has 0 heterocycles. The maximum Gasteiger partial charge on any atom is 0.242 e. The molecule has 1 atom stereocenters. The SMILES string of the molecule is CC(C)CCC(C)NS(=O)(=O)c1ccccc1N. The van der Waals surface area contributed by atoms with Gasteiger partial charge in [0.2, 0.25) is 10.0 Å². The van der Waals surface area contributed by atoms with E-state index in [2.05, 4.69) is 18.6 Å². The Kier molecular flexibility index (Phi) is 5.16. The van der Waals surface area contributed by atoms with Crippen LogP contribution in [-0.2, 0) is 10.0 Å². The van der Waals surface area contributed by atoms with E-state index < -0.39 is 10.0 Å². The molecule has 1 aromatic rings. The van der Waals surface area contributed by atoms with Gasteiger partial charge in [0.15, 0.2) is 0 Å². The molecule has 0 bridgehead atoms. The van der Waals surface area contributed by atoms with Gasteiger partial charge in [0.05, 0.1) is 5.69 Å². The number of nitrogens with two attached hydrogens (primary N) is 1. The average Bonchev–Trinajstić information content (AvgIpc) is 2.26. The van der Waals surface area contributed by atoms with E-state index in [0.29, 0.717) is 5.92 Å². The van der Waals surface area contributed by atoms with Gasteiger partial charge >= 0.3 is 0 Å². The van der Waals surface area contributed by atoms with Crippen molar-refractivity contribution >= 4 is 15.7 Å². The Labute approximate surface area is 110 Å². The monoisotopic (exact) mass is 270 g/mol. The second-order valence-electron chi connectivity index (χ2n) is 5.03. The molecular formula is C13H22N2O2S. The van der Waals surface area contributed by atoms with E-state index in [1.54, 1.807) is 18.2 Å². The van der Waals surface area contributed by atoms with Crippen molar-refractivity contribution in [2.24, 2.45) is 5.92 Å². The number of sulfonamides is 1. The lowest BCUT2D eigenvalue weighted by atomic mass is 10.1. The first-order valence-electron chi connectivity index (χ1n) is 6.19. The Bertz CT molecular complexity index is 484. The van der Waals surface area contributed by atoms with E-state index in [0.717, 1.165) is 12.8 Å². The maximum atomic E-state index is 12.1. The van der Waals surface area contributed by atoms with Crippen molar-refractivity contribution in [3.05, 3.63) is 24.3 Å². The summed E-state index contributed by atoms with van der Waals surface area (Å²) in [5.41, 5.74) is 5.96. The van der Waals surface area contributed by atoms with E-state index in [-0.39, 0.29) is 16.6 Å². The average molecular weight is 270 g/mol. The first-order chi connectivity index (χ1) is 8.33. The predicted molar refractivity (Wildman–Crippen MR) is 74.7 cm³/mol. The second-order valence-corrected chi connectivity index (χ2v) is 6.71. The van der Waals surface area contributed by atoms with Gasteiger partial charge in [-0.25, -0.2) is 13.1 Å². The second kappa shape index (κ2) is 6.20. The van der Waals surface area contributed by atoms with E-state index in [4.69, 9.17) is 5.73 Å². The first kappa shape index (κ1) is 15.0. The Hall–Kier alpha value is -1.07. The highest BCUT2D eigenvalue weighted by Crippen LogP contribution is 2.18. The zero-order valence-corrected chi connectivity index (χ0v) is 12.0. The van der Waals surface area contributed by atoms with Crippen molar-refractivity contribution in [3.8, 4) is 0 Å². The molecule has 1 rings (SSSR count). The highest BCUT2D eigenvalue weighted by atomic mass is 32.2. The fourth-order valence-corrected chi connectivity index (χ4v) is 3.11. The standard InChI is InChI=1S/C13H22N2O2S/c1-10(2)8-9-11(3)15-18(16,17)13-7-5-4-6-12(13)14/h4-7,10-11,15H,8-9,14H2,1-3H3. The van der Waals surface area contributed by atoms with Crippen molar-refractivity contribution in [2.75, 3.05) is 5.73 Å². The Balaban J connectivity index is 2.74. The van der Waals surface area contributed by atoms with Crippen LogP contribution >= 0.6 is 0 Å². The molecule has 4 nitrogen and oxygen atoms in total. The summed E-state index contributed by atoms with van der Waals surface area (Å²) in [4.78, 5) is 0.154. The third kappa shape index (κ3) is 4.31. The molecule has 0 aliphatic carbocycles. The molecule has 0 aromatic heterocycles. The number of nitrogens with one attached hydrogen (secondary N) is 1. The summed E-state index contributed by atoms with van der Waals surface area (Å²) in [6.45, 7) is 6.12. The molecular weight excluding hydrogens is 248 g/mol. The Morgan fingerprint density at radius 2 is 1.78 bits per heavy atom. The number of nitrogen functional groups attached to an aromatic ring is 1. The molecule has 0 aliphatic heterocycles. The molecule has 1 unspecified atom stereocenters. The lowest BCUT2D eigenvalue weighted by Crippen LogP contribution is -2.33. The number of hydrogen-bond acceptors (Lipinski definition) is 3. The summed E-state index contributed by atoms with van der Waals surface area (Å²) < 4.78 is 26.9. The number of rotatable bonds is 6. The highest BCUT2D eigenvalue weighted by molar-refractivity contribution is 7.89. The van der Waals surface area contributed by atoms with Crippen LogP contribution in [0.4, 0.5) is 5.69 Å². The van der Waals surface area contributed by atoms with Crippen molar-refractivity contribution in [1.29, 1.82) is 0 Å². The third-order valence-corrected chi connectivity index (χ3v) is 4.41. The summed E-state index contributed by atoms with van der Waals surface area (Å²) in [6.07, 6.45) is 1.82. The quantitative estimate of drug-likeness (QED) is 0.779.